The van der Waals surface area contributed by atoms with Gasteiger partial charge in [-0.25, -0.2) is 4.98 Å². The number of hydrogen-bond acceptors (Lipinski definition) is 8. The number of nitrogens with zero attached hydrogens (tertiary/aromatic N) is 3. The highest BCUT2D eigenvalue weighted by Gasteiger charge is 2.17. The van der Waals surface area contributed by atoms with Gasteiger partial charge < -0.3 is 25.2 Å². The second-order valence-electron chi connectivity index (χ2n) is 7.75. The van der Waals surface area contributed by atoms with Crippen molar-refractivity contribution in [2.75, 3.05) is 49.0 Å². The maximum Gasteiger partial charge on any atom is 0.216 e. The van der Waals surface area contributed by atoms with E-state index in [4.69, 9.17) is 15.2 Å². The van der Waals surface area contributed by atoms with Crippen molar-refractivity contribution in [1.82, 2.24) is 4.98 Å². The van der Waals surface area contributed by atoms with Crippen LogP contribution in [0.15, 0.2) is 35.4 Å². The van der Waals surface area contributed by atoms with Gasteiger partial charge in [0, 0.05) is 24.8 Å². The third kappa shape index (κ3) is 6.33. The van der Waals surface area contributed by atoms with E-state index in [1.54, 1.807) is 20.1 Å². The van der Waals surface area contributed by atoms with Crippen molar-refractivity contribution >= 4 is 23.3 Å². The van der Waals surface area contributed by atoms with Crippen molar-refractivity contribution in [3.63, 3.8) is 0 Å². The Morgan fingerprint density at radius 2 is 2.07 bits per heavy atom. The molecule has 1 aromatic heterocycles. The van der Waals surface area contributed by atoms with Gasteiger partial charge in [0.25, 0.3) is 0 Å². The van der Waals surface area contributed by atoms with Gasteiger partial charge in [-0.1, -0.05) is 6.07 Å². The smallest absolute Gasteiger partial charge is 0.216 e. The topological polar surface area (TPSA) is 105 Å². The highest BCUT2D eigenvalue weighted by molar-refractivity contribution is 5.80. The van der Waals surface area contributed by atoms with Crippen molar-refractivity contribution in [3.05, 3.63) is 41.6 Å². The van der Waals surface area contributed by atoms with Crippen LogP contribution >= 0.6 is 0 Å². The molecule has 1 aliphatic rings. The zero-order valence-corrected chi connectivity index (χ0v) is 17.2. The summed E-state index contributed by atoms with van der Waals surface area (Å²) in [4.78, 5) is 6.70. The zero-order valence-electron chi connectivity index (χ0n) is 17.2. The summed E-state index contributed by atoms with van der Waals surface area (Å²) in [5.41, 5.74) is 12.1. The molecular formula is C21H29N5O3. The lowest BCUT2D eigenvalue weighted by atomic mass is 10.2. The maximum absolute atomic E-state index is 9.95. The van der Waals surface area contributed by atoms with Crippen LogP contribution < -0.4 is 20.8 Å². The minimum absolute atomic E-state index is 0.140. The number of benzene rings is 1. The van der Waals surface area contributed by atoms with Gasteiger partial charge in [-0.15, -0.1) is 0 Å². The molecule has 0 unspecified atom stereocenters. The minimum Gasteiger partial charge on any atom is -0.475 e. The van der Waals surface area contributed by atoms with Gasteiger partial charge in [0.15, 0.2) is 0 Å². The summed E-state index contributed by atoms with van der Waals surface area (Å²) in [6.07, 6.45) is 1.63. The molecule has 0 bridgehead atoms. The van der Waals surface area contributed by atoms with Gasteiger partial charge in [0.05, 0.1) is 42.1 Å². The summed E-state index contributed by atoms with van der Waals surface area (Å²) in [5.74, 6) is 0.438. The lowest BCUT2D eigenvalue weighted by molar-refractivity contribution is 0.0268. The number of morpholine rings is 1. The molecule has 1 fully saturated rings. The highest BCUT2D eigenvalue weighted by Crippen LogP contribution is 2.23. The van der Waals surface area contributed by atoms with E-state index in [-0.39, 0.29) is 6.61 Å². The standard InChI is InChI=1S/C21H29N5O3/c1-15-4-5-18(22)19(10-15)25-23-13-16-11-17(26-6-8-28-9-7-26)12-20(24-16)29-14-21(2,3)27/h4-5,10-13,25,27H,6-9,14,22H2,1-3H3. The van der Waals surface area contributed by atoms with Crippen molar-refractivity contribution in [3.8, 4) is 5.88 Å². The van der Waals surface area contributed by atoms with Crippen LogP contribution in [-0.2, 0) is 4.74 Å². The van der Waals surface area contributed by atoms with Gasteiger partial charge in [-0.05, 0) is 44.5 Å². The van der Waals surface area contributed by atoms with Crippen molar-refractivity contribution in [2.45, 2.75) is 26.4 Å². The number of aryl methyl sites for hydroxylation is 1. The van der Waals surface area contributed by atoms with Crippen molar-refractivity contribution in [2.24, 2.45) is 5.10 Å². The fourth-order valence-corrected chi connectivity index (χ4v) is 2.84. The average molecular weight is 399 g/mol. The van der Waals surface area contributed by atoms with Crippen LogP contribution in [0.1, 0.15) is 25.1 Å². The number of hydrazone groups is 1. The molecule has 0 saturated carbocycles. The Labute approximate surface area is 171 Å². The van der Waals surface area contributed by atoms with E-state index < -0.39 is 5.60 Å². The number of aliphatic hydroxyl groups is 1. The molecule has 29 heavy (non-hydrogen) atoms. The number of hydrogen-bond donors (Lipinski definition) is 3. The third-order valence-electron chi connectivity index (χ3n) is 4.35. The Morgan fingerprint density at radius 3 is 2.79 bits per heavy atom. The molecule has 0 spiro atoms. The SMILES string of the molecule is Cc1ccc(N)c(NN=Cc2cc(N3CCOCC3)cc(OCC(C)(C)O)n2)c1. The molecule has 156 valence electrons. The molecule has 2 heterocycles. The summed E-state index contributed by atoms with van der Waals surface area (Å²) in [5, 5.41) is 14.2. The molecule has 2 aromatic rings. The van der Waals surface area contributed by atoms with Crippen LogP contribution in [-0.4, -0.2) is 54.8 Å². The number of pyridine rings is 1. The Morgan fingerprint density at radius 1 is 1.31 bits per heavy atom. The molecule has 3 rings (SSSR count). The van der Waals surface area contributed by atoms with Gasteiger partial charge in [0.2, 0.25) is 5.88 Å². The molecule has 0 radical (unpaired) electrons. The first-order valence-corrected chi connectivity index (χ1v) is 9.65. The summed E-state index contributed by atoms with van der Waals surface area (Å²) < 4.78 is 11.2. The molecule has 1 saturated heterocycles. The summed E-state index contributed by atoms with van der Waals surface area (Å²) in [7, 11) is 0. The lowest BCUT2D eigenvalue weighted by Gasteiger charge is -2.29. The van der Waals surface area contributed by atoms with E-state index in [2.05, 4.69) is 20.4 Å². The van der Waals surface area contributed by atoms with E-state index in [9.17, 15) is 5.11 Å². The normalized spacial score (nSPS) is 15.0. The molecule has 0 amide bonds. The van der Waals surface area contributed by atoms with Gasteiger partial charge >= 0.3 is 0 Å². The van der Waals surface area contributed by atoms with Gasteiger partial charge in [-0.2, -0.15) is 5.10 Å². The highest BCUT2D eigenvalue weighted by atomic mass is 16.5. The molecule has 8 nitrogen and oxygen atoms in total. The number of ether oxygens (including phenoxy) is 2. The molecule has 0 aliphatic carbocycles. The largest absolute Gasteiger partial charge is 0.475 e. The molecule has 1 aromatic carbocycles. The lowest BCUT2D eigenvalue weighted by Crippen LogP contribution is -2.36. The first kappa shape index (κ1) is 20.9. The second-order valence-corrected chi connectivity index (χ2v) is 7.75. The Hall–Kier alpha value is -2.84. The fourth-order valence-electron chi connectivity index (χ4n) is 2.84. The first-order chi connectivity index (χ1) is 13.8. The predicted octanol–water partition coefficient (Wildman–Crippen LogP) is 2.40. The molecule has 0 atom stereocenters. The van der Waals surface area contributed by atoms with Gasteiger partial charge in [-0.3, -0.25) is 5.43 Å². The van der Waals surface area contributed by atoms with Gasteiger partial charge in [0.1, 0.15) is 6.61 Å². The molecule has 1 aliphatic heterocycles. The number of anilines is 3. The predicted molar refractivity (Wildman–Crippen MR) is 116 cm³/mol. The fraction of sp³-hybridized carbons (Fsp3) is 0.429. The molecular weight excluding hydrogens is 370 g/mol. The van der Waals surface area contributed by atoms with Crippen LogP contribution in [0.5, 0.6) is 5.88 Å². The Kier molecular flexibility index (Phi) is 6.56. The molecule has 4 N–H and O–H groups in total. The quantitative estimate of drug-likeness (QED) is 0.373. The summed E-state index contributed by atoms with van der Waals surface area (Å²) in [6.45, 7) is 8.47. The van der Waals surface area contributed by atoms with Crippen LogP contribution in [0.25, 0.3) is 0 Å². The summed E-state index contributed by atoms with van der Waals surface area (Å²) >= 11 is 0. The molecule has 8 heteroatoms. The van der Waals surface area contributed by atoms with Crippen LogP contribution in [0, 0.1) is 6.92 Å². The van der Waals surface area contributed by atoms with E-state index in [0.717, 1.165) is 30.0 Å². The van der Waals surface area contributed by atoms with Crippen molar-refractivity contribution in [1.29, 1.82) is 0 Å². The zero-order chi connectivity index (χ0) is 20.9. The third-order valence-corrected chi connectivity index (χ3v) is 4.35. The average Bonchev–Trinajstić information content (AvgIpc) is 2.69. The number of nitrogens with two attached hydrogens (primary N) is 1. The minimum atomic E-state index is -0.949. The van der Waals surface area contributed by atoms with E-state index >= 15 is 0 Å². The van der Waals surface area contributed by atoms with Crippen molar-refractivity contribution < 1.29 is 14.6 Å². The number of nitrogens with one attached hydrogen (secondary N) is 1. The summed E-state index contributed by atoms with van der Waals surface area (Å²) in [6, 6.07) is 9.55. The number of nitrogen functional groups attached to an aromatic ring is 1. The van der Waals surface area contributed by atoms with Crippen LogP contribution in [0.4, 0.5) is 17.1 Å². The van der Waals surface area contributed by atoms with E-state index in [1.165, 1.54) is 0 Å². The van der Waals surface area contributed by atoms with Crippen LogP contribution in [0.2, 0.25) is 0 Å². The number of rotatable bonds is 7. The van der Waals surface area contributed by atoms with E-state index in [1.807, 2.05) is 37.3 Å². The maximum atomic E-state index is 9.95. The monoisotopic (exact) mass is 399 g/mol. The Balaban J connectivity index is 1.80. The first-order valence-electron chi connectivity index (χ1n) is 9.65. The Bertz CT molecular complexity index is 858. The van der Waals surface area contributed by atoms with E-state index in [0.29, 0.717) is 30.5 Å². The van der Waals surface area contributed by atoms with Crippen LogP contribution in [0.3, 0.4) is 0 Å². The number of aromatic nitrogens is 1. The second kappa shape index (κ2) is 9.11.